The van der Waals surface area contributed by atoms with Gasteiger partial charge in [-0.05, 0) is 58.7 Å². The first-order valence-electron chi connectivity index (χ1n) is 14.2. The number of nitrogens with zero attached hydrogens (tertiary/aromatic N) is 4. The third-order valence-electron chi connectivity index (χ3n) is 8.66. The Morgan fingerprint density at radius 2 is 1.17 bits per heavy atom. The van der Waals surface area contributed by atoms with Crippen molar-refractivity contribution < 1.29 is 0 Å². The zero-order valence-corrected chi connectivity index (χ0v) is 23.3. The van der Waals surface area contributed by atoms with Crippen LogP contribution in [0.15, 0.2) is 121 Å². The lowest BCUT2D eigenvalue weighted by atomic mass is 9.81. The molecule has 0 saturated carbocycles. The van der Waals surface area contributed by atoms with Gasteiger partial charge in [0.25, 0.3) is 0 Å². The smallest absolute Gasteiger partial charge is 0.235 e. The van der Waals surface area contributed by atoms with Crippen molar-refractivity contribution in [3.05, 3.63) is 138 Å². The van der Waals surface area contributed by atoms with E-state index in [0.29, 0.717) is 11.5 Å². The van der Waals surface area contributed by atoms with Crippen LogP contribution in [0, 0.1) is 11.3 Å². The number of aromatic nitrogens is 3. The molecule has 0 atom stereocenters. The first-order valence-corrected chi connectivity index (χ1v) is 14.2. The first-order chi connectivity index (χ1) is 20.5. The molecular weight excluding hydrogens is 512 g/mol. The van der Waals surface area contributed by atoms with Crippen molar-refractivity contribution in [1.29, 1.82) is 5.26 Å². The maximum atomic E-state index is 9.54. The fraction of sp³-hybridized carbons (Fsp3) is 0.0789. The van der Waals surface area contributed by atoms with Gasteiger partial charge in [0.1, 0.15) is 0 Å². The molecule has 0 fully saturated rings. The molecule has 1 aliphatic carbocycles. The molecule has 0 bridgehead atoms. The summed E-state index contributed by atoms with van der Waals surface area (Å²) in [6.07, 6.45) is 0. The molecule has 0 aliphatic heterocycles. The highest BCUT2D eigenvalue weighted by Gasteiger charge is 2.36. The van der Waals surface area contributed by atoms with Crippen LogP contribution < -0.4 is 0 Å². The summed E-state index contributed by atoms with van der Waals surface area (Å²) in [5, 5.41) is 11.9. The van der Waals surface area contributed by atoms with E-state index in [2.05, 4.69) is 115 Å². The molecule has 1 aliphatic rings. The summed E-state index contributed by atoms with van der Waals surface area (Å²) in [6.45, 7) is 4.48. The van der Waals surface area contributed by atoms with Crippen LogP contribution in [0.5, 0.6) is 0 Å². The predicted octanol–water partition coefficient (Wildman–Crippen LogP) is 9.09. The highest BCUT2D eigenvalue weighted by molar-refractivity contribution is 6.09. The van der Waals surface area contributed by atoms with Crippen LogP contribution in [0.1, 0.15) is 30.5 Å². The van der Waals surface area contributed by atoms with E-state index in [-0.39, 0.29) is 5.41 Å². The zero-order valence-electron chi connectivity index (χ0n) is 23.3. The molecule has 5 aromatic carbocycles. The lowest BCUT2D eigenvalue weighted by Crippen LogP contribution is -2.15. The van der Waals surface area contributed by atoms with Gasteiger partial charge in [0.2, 0.25) is 5.95 Å². The molecule has 0 N–H and O–H groups in total. The van der Waals surface area contributed by atoms with Gasteiger partial charge in [-0.3, -0.25) is 4.57 Å². The van der Waals surface area contributed by atoms with Gasteiger partial charge in [0.15, 0.2) is 0 Å². The molecule has 4 nitrogen and oxygen atoms in total. The Morgan fingerprint density at radius 1 is 0.595 bits per heavy atom. The average molecular weight is 539 g/mol. The number of fused-ring (bicyclic) bond motifs is 6. The van der Waals surface area contributed by atoms with Crippen LogP contribution in [0.25, 0.3) is 61.4 Å². The molecule has 2 heterocycles. The standard InChI is InChI=1S/C38H26N4/c1-38(2)31-20-24(23-39)16-18-27(31)28-19-17-26(21-32(28)38)34-22-33(25-10-4-3-5-11-25)40-37(41-34)42-35-14-8-6-12-29(35)30-13-7-9-15-36(30)42/h3-22H,1-2H3. The summed E-state index contributed by atoms with van der Waals surface area (Å²) in [4.78, 5) is 10.4. The van der Waals surface area contributed by atoms with E-state index in [9.17, 15) is 5.26 Å². The second-order valence-electron chi connectivity index (χ2n) is 11.4. The van der Waals surface area contributed by atoms with Gasteiger partial charge in [-0.25, -0.2) is 9.97 Å². The molecule has 0 saturated heterocycles. The predicted molar refractivity (Wildman–Crippen MR) is 170 cm³/mol. The molecule has 0 unspecified atom stereocenters. The van der Waals surface area contributed by atoms with Crippen molar-refractivity contribution >= 4 is 21.8 Å². The second-order valence-corrected chi connectivity index (χ2v) is 11.4. The largest absolute Gasteiger partial charge is 0.278 e. The van der Waals surface area contributed by atoms with E-state index in [1.165, 1.54) is 33.0 Å². The van der Waals surface area contributed by atoms with Crippen molar-refractivity contribution in [2.24, 2.45) is 0 Å². The van der Waals surface area contributed by atoms with Crippen LogP contribution in [0.4, 0.5) is 0 Å². The molecule has 0 radical (unpaired) electrons. The van der Waals surface area contributed by atoms with E-state index < -0.39 is 0 Å². The fourth-order valence-corrected chi connectivity index (χ4v) is 6.54. The summed E-state index contributed by atoms with van der Waals surface area (Å²) in [7, 11) is 0. The third kappa shape index (κ3) is 3.54. The number of benzene rings is 5. The van der Waals surface area contributed by atoms with Crippen molar-refractivity contribution in [2.45, 2.75) is 19.3 Å². The van der Waals surface area contributed by atoms with E-state index in [1.807, 2.05) is 30.3 Å². The van der Waals surface area contributed by atoms with Crippen LogP contribution in [-0.2, 0) is 5.41 Å². The average Bonchev–Trinajstić information content (AvgIpc) is 3.49. The Labute approximate surface area is 244 Å². The second kappa shape index (κ2) is 8.99. The topological polar surface area (TPSA) is 54.5 Å². The summed E-state index contributed by atoms with van der Waals surface area (Å²) in [6, 6.07) is 44.3. The van der Waals surface area contributed by atoms with E-state index in [0.717, 1.165) is 33.5 Å². The van der Waals surface area contributed by atoms with Gasteiger partial charge >= 0.3 is 0 Å². The van der Waals surface area contributed by atoms with Crippen LogP contribution >= 0.6 is 0 Å². The Balaban J connectivity index is 1.37. The van der Waals surface area contributed by atoms with E-state index >= 15 is 0 Å². The summed E-state index contributed by atoms with van der Waals surface area (Å²) in [5.41, 5.74) is 11.3. The molecule has 0 spiro atoms. The van der Waals surface area contributed by atoms with Crippen molar-refractivity contribution in [2.75, 3.05) is 0 Å². The van der Waals surface area contributed by atoms with E-state index in [1.54, 1.807) is 0 Å². The minimum absolute atomic E-state index is 0.238. The molecule has 2 aromatic heterocycles. The lowest BCUT2D eigenvalue weighted by molar-refractivity contribution is 0.660. The molecule has 42 heavy (non-hydrogen) atoms. The molecule has 7 aromatic rings. The summed E-state index contributed by atoms with van der Waals surface area (Å²) < 4.78 is 2.18. The normalized spacial score (nSPS) is 13.2. The molecule has 8 rings (SSSR count). The highest BCUT2D eigenvalue weighted by atomic mass is 15.2. The summed E-state index contributed by atoms with van der Waals surface area (Å²) in [5.74, 6) is 0.644. The summed E-state index contributed by atoms with van der Waals surface area (Å²) >= 11 is 0. The lowest BCUT2D eigenvalue weighted by Gasteiger charge is -2.22. The minimum atomic E-state index is -0.238. The van der Waals surface area contributed by atoms with Crippen LogP contribution in [0.3, 0.4) is 0 Å². The van der Waals surface area contributed by atoms with Gasteiger partial charge in [0.05, 0.1) is 34.1 Å². The Morgan fingerprint density at radius 3 is 1.83 bits per heavy atom. The molecule has 4 heteroatoms. The maximum absolute atomic E-state index is 9.54. The third-order valence-corrected chi connectivity index (χ3v) is 8.66. The Bertz CT molecular complexity index is 2180. The van der Waals surface area contributed by atoms with Crippen LogP contribution in [-0.4, -0.2) is 14.5 Å². The molecule has 0 amide bonds. The van der Waals surface area contributed by atoms with Crippen molar-refractivity contribution in [3.63, 3.8) is 0 Å². The Kier molecular flexibility index (Phi) is 5.20. The van der Waals surface area contributed by atoms with Crippen LogP contribution in [0.2, 0.25) is 0 Å². The molecular formula is C38H26N4. The van der Waals surface area contributed by atoms with E-state index in [4.69, 9.17) is 9.97 Å². The SMILES string of the molecule is CC1(C)c2cc(C#N)ccc2-c2ccc(-c3cc(-c4ccccc4)nc(-n4c5ccccc5c5ccccc54)n3)cc21. The minimum Gasteiger partial charge on any atom is -0.278 e. The number of para-hydroxylation sites is 2. The van der Waals surface area contributed by atoms with Gasteiger partial charge in [-0.1, -0.05) is 98.8 Å². The maximum Gasteiger partial charge on any atom is 0.235 e. The number of hydrogen-bond donors (Lipinski definition) is 0. The fourth-order valence-electron chi connectivity index (χ4n) is 6.54. The number of nitriles is 1. The van der Waals surface area contributed by atoms with Crippen molar-refractivity contribution in [3.8, 4) is 45.7 Å². The van der Waals surface area contributed by atoms with Crippen molar-refractivity contribution in [1.82, 2.24) is 14.5 Å². The number of hydrogen-bond acceptors (Lipinski definition) is 3. The number of rotatable bonds is 3. The Hall–Kier alpha value is -5.53. The van der Waals surface area contributed by atoms with Gasteiger partial charge in [-0.2, -0.15) is 5.26 Å². The monoisotopic (exact) mass is 538 g/mol. The first kappa shape index (κ1) is 24.3. The quantitative estimate of drug-likeness (QED) is 0.225. The van der Waals surface area contributed by atoms with Gasteiger partial charge in [-0.15, -0.1) is 0 Å². The van der Waals surface area contributed by atoms with Gasteiger partial charge in [0, 0.05) is 27.3 Å². The zero-order chi connectivity index (χ0) is 28.4. The highest BCUT2D eigenvalue weighted by Crippen LogP contribution is 2.50. The molecule has 198 valence electrons. The van der Waals surface area contributed by atoms with Gasteiger partial charge < -0.3 is 0 Å².